The van der Waals surface area contributed by atoms with Crippen molar-refractivity contribution < 1.29 is 19.8 Å². The monoisotopic (exact) mass is 202 g/mol. The number of aliphatic carboxylic acids is 1. The molecule has 6 heteroatoms. The van der Waals surface area contributed by atoms with Crippen LogP contribution in [0.1, 0.15) is 19.3 Å². The van der Waals surface area contributed by atoms with E-state index in [1.807, 2.05) is 0 Å². The number of aliphatic hydroxyl groups excluding tert-OH is 1. The van der Waals surface area contributed by atoms with E-state index < -0.39 is 29.9 Å². The van der Waals surface area contributed by atoms with Gasteiger partial charge in [-0.25, -0.2) is 0 Å². The molecule has 0 bridgehead atoms. The Morgan fingerprint density at radius 3 is 2.43 bits per heavy atom. The summed E-state index contributed by atoms with van der Waals surface area (Å²) in [5, 5.41) is 19.8. The first-order valence-electron chi connectivity index (χ1n) is 4.39. The second-order valence-corrected chi connectivity index (χ2v) is 3.63. The number of amides is 1. The second kappa shape index (κ2) is 3.93. The molecule has 1 rings (SSSR count). The summed E-state index contributed by atoms with van der Waals surface area (Å²) in [6.45, 7) is -0.126. The molecule has 5 N–H and O–H groups in total. The zero-order valence-electron chi connectivity index (χ0n) is 7.69. The van der Waals surface area contributed by atoms with Gasteiger partial charge in [-0.15, -0.1) is 0 Å². The Balaban J connectivity index is 2.38. The highest BCUT2D eigenvalue weighted by Gasteiger charge is 2.44. The quantitative estimate of drug-likeness (QED) is 0.430. The van der Waals surface area contributed by atoms with Crippen LogP contribution in [0.4, 0.5) is 0 Å². The number of hydrogen-bond acceptors (Lipinski definition) is 4. The molecule has 0 saturated heterocycles. The Morgan fingerprint density at radius 1 is 1.50 bits per heavy atom. The minimum atomic E-state index is -1.11. The molecule has 6 nitrogen and oxygen atoms in total. The standard InChI is InChI=1S/C8H14N2O4/c9-5(3-6(12)13)7(14)10-8(4-11)1-2-8/h5,11H,1-4,9H2,(H,10,14)(H,12,13). The third-order valence-electron chi connectivity index (χ3n) is 2.28. The number of carboxylic acid groups (broad SMARTS) is 1. The summed E-state index contributed by atoms with van der Waals surface area (Å²) in [4.78, 5) is 21.5. The average Bonchev–Trinajstić information content (AvgIpc) is 2.84. The van der Waals surface area contributed by atoms with Crippen molar-refractivity contribution in [2.75, 3.05) is 6.61 Å². The van der Waals surface area contributed by atoms with Gasteiger partial charge >= 0.3 is 5.97 Å². The van der Waals surface area contributed by atoms with Crippen molar-refractivity contribution in [3.05, 3.63) is 0 Å². The number of aliphatic hydroxyl groups is 1. The van der Waals surface area contributed by atoms with E-state index in [2.05, 4.69) is 5.32 Å². The molecular weight excluding hydrogens is 188 g/mol. The molecule has 1 fully saturated rings. The summed E-state index contributed by atoms with van der Waals surface area (Å²) >= 11 is 0. The lowest BCUT2D eigenvalue weighted by molar-refractivity contribution is -0.139. The van der Waals surface area contributed by atoms with Crippen LogP contribution in [0, 0.1) is 0 Å². The van der Waals surface area contributed by atoms with E-state index in [1.54, 1.807) is 0 Å². The predicted octanol–water partition coefficient (Wildman–Crippen LogP) is -1.57. The predicted molar refractivity (Wildman–Crippen MR) is 47.4 cm³/mol. The van der Waals surface area contributed by atoms with Gasteiger partial charge in [-0.2, -0.15) is 0 Å². The molecule has 0 radical (unpaired) electrons. The molecule has 0 aromatic rings. The van der Waals surface area contributed by atoms with Crippen LogP contribution < -0.4 is 11.1 Å². The SMILES string of the molecule is NC(CC(=O)O)C(=O)NC1(CO)CC1. The van der Waals surface area contributed by atoms with E-state index in [-0.39, 0.29) is 6.61 Å². The number of carboxylic acids is 1. The summed E-state index contributed by atoms with van der Waals surface area (Å²) in [5.41, 5.74) is 4.80. The van der Waals surface area contributed by atoms with Crippen molar-refractivity contribution in [2.45, 2.75) is 30.8 Å². The largest absolute Gasteiger partial charge is 0.481 e. The summed E-state index contributed by atoms with van der Waals surface area (Å²) in [7, 11) is 0. The minimum absolute atomic E-state index is 0.126. The van der Waals surface area contributed by atoms with Crippen LogP contribution in [0.25, 0.3) is 0 Å². The minimum Gasteiger partial charge on any atom is -0.481 e. The molecule has 0 aromatic heterocycles. The molecule has 14 heavy (non-hydrogen) atoms. The number of nitrogens with two attached hydrogens (primary N) is 1. The smallest absolute Gasteiger partial charge is 0.305 e. The maximum Gasteiger partial charge on any atom is 0.305 e. The van der Waals surface area contributed by atoms with Crippen LogP contribution >= 0.6 is 0 Å². The Labute approximate surface area is 81.1 Å². The van der Waals surface area contributed by atoms with Gasteiger partial charge in [-0.3, -0.25) is 9.59 Å². The van der Waals surface area contributed by atoms with Gasteiger partial charge in [0.25, 0.3) is 0 Å². The molecule has 1 amide bonds. The van der Waals surface area contributed by atoms with Gasteiger partial charge in [0.2, 0.25) is 5.91 Å². The maximum atomic E-state index is 11.3. The lowest BCUT2D eigenvalue weighted by Crippen LogP contribution is -2.48. The van der Waals surface area contributed by atoms with Crippen LogP contribution in [0.2, 0.25) is 0 Å². The fourth-order valence-corrected chi connectivity index (χ4v) is 1.11. The van der Waals surface area contributed by atoms with Crippen LogP contribution in [-0.4, -0.2) is 40.3 Å². The molecule has 1 aliphatic rings. The van der Waals surface area contributed by atoms with Crippen molar-refractivity contribution in [1.82, 2.24) is 5.32 Å². The fraction of sp³-hybridized carbons (Fsp3) is 0.750. The van der Waals surface area contributed by atoms with E-state index in [1.165, 1.54) is 0 Å². The van der Waals surface area contributed by atoms with Gasteiger partial charge < -0.3 is 21.3 Å². The summed E-state index contributed by atoms with van der Waals surface area (Å²) in [6, 6.07) is -1.04. The van der Waals surface area contributed by atoms with E-state index in [0.29, 0.717) is 0 Å². The van der Waals surface area contributed by atoms with Gasteiger partial charge in [0.05, 0.1) is 24.6 Å². The lowest BCUT2D eigenvalue weighted by Gasteiger charge is -2.16. The van der Waals surface area contributed by atoms with Crippen molar-refractivity contribution in [3.63, 3.8) is 0 Å². The Bertz CT molecular complexity index is 250. The highest BCUT2D eigenvalue weighted by Crippen LogP contribution is 2.34. The van der Waals surface area contributed by atoms with E-state index in [9.17, 15) is 9.59 Å². The van der Waals surface area contributed by atoms with Crippen molar-refractivity contribution in [2.24, 2.45) is 5.73 Å². The van der Waals surface area contributed by atoms with Gasteiger partial charge in [0.15, 0.2) is 0 Å². The summed E-state index contributed by atoms with van der Waals surface area (Å²) in [6.07, 6.45) is 1.04. The number of carbonyl (C=O) groups is 2. The topological polar surface area (TPSA) is 113 Å². The third-order valence-corrected chi connectivity index (χ3v) is 2.28. The molecule has 1 aliphatic carbocycles. The lowest BCUT2D eigenvalue weighted by atomic mass is 10.2. The number of rotatable bonds is 5. The Morgan fingerprint density at radius 2 is 2.07 bits per heavy atom. The van der Waals surface area contributed by atoms with Crippen molar-refractivity contribution in [3.8, 4) is 0 Å². The normalized spacial score (nSPS) is 19.9. The average molecular weight is 202 g/mol. The highest BCUT2D eigenvalue weighted by molar-refractivity contribution is 5.86. The van der Waals surface area contributed by atoms with Gasteiger partial charge in [-0.1, -0.05) is 0 Å². The van der Waals surface area contributed by atoms with Crippen LogP contribution in [0.15, 0.2) is 0 Å². The number of nitrogens with one attached hydrogen (secondary N) is 1. The first kappa shape index (κ1) is 10.9. The van der Waals surface area contributed by atoms with Crippen LogP contribution in [0.5, 0.6) is 0 Å². The van der Waals surface area contributed by atoms with Gasteiger partial charge in [-0.05, 0) is 12.8 Å². The zero-order chi connectivity index (χ0) is 10.8. The zero-order valence-corrected chi connectivity index (χ0v) is 7.69. The Hall–Kier alpha value is -1.14. The van der Waals surface area contributed by atoms with Gasteiger partial charge in [0.1, 0.15) is 0 Å². The molecule has 1 saturated carbocycles. The van der Waals surface area contributed by atoms with Crippen LogP contribution in [0.3, 0.4) is 0 Å². The molecular formula is C8H14N2O4. The van der Waals surface area contributed by atoms with E-state index >= 15 is 0 Å². The maximum absolute atomic E-state index is 11.3. The molecule has 0 aromatic carbocycles. The molecule has 0 spiro atoms. The van der Waals surface area contributed by atoms with Crippen molar-refractivity contribution in [1.29, 1.82) is 0 Å². The first-order valence-corrected chi connectivity index (χ1v) is 4.39. The fourth-order valence-electron chi connectivity index (χ4n) is 1.11. The molecule has 1 atom stereocenters. The molecule has 0 heterocycles. The molecule has 1 unspecified atom stereocenters. The number of hydrogen-bond donors (Lipinski definition) is 4. The number of carbonyl (C=O) groups excluding carboxylic acids is 1. The molecule has 80 valence electrons. The Kier molecular flexibility index (Phi) is 3.07. The second-order valence-electron chi connectivity index (χ2n) is 3.63. The van der Waals surface area contributed by atoms with E-state index in [0.717, 1.165) is 12.8 Å². The van der Waals surface area contributed by atoms with Crippen LogP contribution in [-0.2, 0) is 9.59 Å². The van der Waals surface area contributed by atoms with Crippen molar-refractivity contribution >= 4 is 11.9 Å². The molecule has 0 aliphatic heterocycles. The first-order chi connectivity index (χ1) is 6.49. The summed E-state index contributed by atoms with van der Waals surface area (Å²) < 4.78 is 0. The van der Waals surface area contributed by atoms with E-state index in [4.69, 9.17) is 15.9 Å². The van der Waals surface area contributed by atoms with Gasteiger partial charge in [0, 0.05) is 0 Å². The summed E-state index contributed by atoms with van der Waals surface area (Å²) in [5.74, 6) is -1.62. The highest BCUT2D eigenvalue weighted by atomic mass is 16.4. The third kappa shape index (κ3) is 2.68.